The van der Waals surface area contributed by atoms with Crippen LogP contribution in [-0.2, 0) is 0 Å². The average Bonchev–Trinajstić information content (AvgIpc) is 2.12. The van der Waals surface area contributed by atoms with Crippen molar-refractivity contribution in [3.63, 3.8) is 0 Å². The molecule has 0 radical (unpaired) electrons. The first-order chi connectivity index (χ1) is 6.94. The summed E-state index contributed by atoms with van der Waals surface area (Å²) in [7, 11) is 0. The van der Waals surface area contributed by atoms with E-state index in [9.17, 15) is 5.11 Å². The van der Waals surface area contributed by atoms with Crippen LogP contribution in [-0.4, -0.2) is 23.8 Å². The molecule has 0 aromatic carbocycles. The Hall–Kier alpha value is -0.0800. The number of nitrogens with one attached hydrogen (secondary N) is 1. The van der Waals surface area contributed by atoms with E-state index in [0.29, 0.717) is 17.4 Å². The van der Waals surface area contributed by atoms with Crippen molar-refractivity contribution < 1.29 is 5.11 Å². The standard InChI is InChI=1S/C13H27NO/c1-10(2)12(9-15)14-11-6-5-7-13(3,4)8-11/h10-12,14-15H,5-9H2,1-4H3. The molecule has 1 aliphatic carbocycles. The molecule has 2 unspecified atom stereocenters. The van der Waals surface area contributed by atoms with Gasteiger partial charge < -0.3 is 10.4 Å². The van der Waals surface area contributed by atoms with Gasteiger partial charge in [-0.2, -0.15) is 0 Å². The van der Waals surface area contributed by atoms with Crippen LogP contribution in [0.1, 0.15) is 53.4 Å². The molecule has 15 heavy (non-hydrogen) atoms. The third-order valence-electron chi connectivity index (χ3n) is 3.66. The summed E-state index contributed by atoms with van der Waals surface area (Å²) < 4.78 is 0. The minimum atomic E-state index is 0.259. The van der Waals surface area contributed by atoms with E-state index < -0.39 is 0 Å². The quantitative estimate of drug-likeness (QED) is 0.752. The Balaban J connectivity index is 2.43. The monoisotopic (exact) mass is 213 g/mol. The van der Waals surface area contributed by atoms with Crippen LogP contribution in [0.2, 0.25) is 0 Å². The maximum atomic E-state index is 9.29. The van der Waals surface area contributed by atoms with Crippen molar-refractivity contribution in [2.45, 2.75) is 65.5 Å². The summed E-state index contributed by atoms with van der Waals surface area (Å²) in [6.45, 7) is 9.30. The molecular weight excluding hydrogens is 186 g/mol. The molecule has 2 heteroatoms. The van der Waals surface area contributed by atoms with E-state index in [1.165, 1.54) is 25.7 Å². The molecule has 1 rings (SSSR count). The van der Waals surface area contributed by atoms with Gasteiger partial charge in [0.2, 0.25) is 0 Å². The molecule has 2 atom stereocenters. The lowest BCUT2D eigenvalue weighted by atomic mass is 9.75. The largest absolute Gasteiger partial charge is 0.395 e. The van der Waals surface area contributed by atoms with Gasteiger partial charge in [0.25, 0.3) is 0 Å². The van der Waals surface area contributed by atoms with Crippen LogP contribution in [0.25, 0.3) is 0 Å². The predicted molar refractivity (Wildman–Crippen MR) is 64.9 cm³/mol. The van der Waals surface area contributed by atoms with Crippen LogP contribution in [0.15, 0.2) is 0 Å². The maximum absolute atomic E-state index is 9.29. The fourth-order valence-corrected chi connectivity index (χ4v) is 2.60. The molecule has 1 saturated carbocycles. The molecule has 0 saturated heterocycles. The van der Waals surface area contributed by atoms with Crippen molar-refractivity contribution in [1.82, 2.24) is 5.32 Å². The lowest BCUT2D eigenvalue weighted by Gasteiger charge is -2.38. The number of hydrogen-bond donors (Lipinski definition) is 2. The van der Waals surface area contributed by atoms with Gasteiger partial charge in [0.05, 0.1) is 6.61 Å². The molecule has 1 aliphatic rings. The van der Waals surface area contributed by atoms with E-state index in [2.05, 4.69) is 33.0 Å². The fourth-order valence-electron chi connectivity index (χ4n) is 2.60. The molecular formula is C13H27NO. The molecule has 1 fully saturated rings. The van der Waals surface area contributed by atoms with E-state index in [4.69, 9.17) is 0 Å². The Morgan fingerprint density at radius 1 is 1.40 bits per heavy atom. The van der Waals surface area contributed by atoms with Crippen molar-refractivity contribution in [1.29, 1.82) is 0 Å². The Morgan fingerprint density at radius 3 is 2.53 bits per heavy atom. The van der Waals surface area contributed by atoms with Gasteiger partial charge in [-0.25, -0.2) is 0 Å². The smallest absolute Gasteiger partial charge is 0.0587 e. The second-order valence-corrected chi connectivity index (χ2v) is 6.16. The van der Waals surface area contributed by atoms with Crippen molar-refractivity contribution >= 4 is 0 Å². The van der Waals surface area contributed by atoms with E-state index >= 15 is 0 Å². The second kappa shape index (κ2) is 5.31. The zero-order chi connectivity index (χ0) is 11.5. The molecule has 0 bridgehead atoms. The minimum absolute atomic E-state index is 0.259. The van der Waals surface area contributed by atoms with Gasteiger partial charge in [0.15, 0.2) is 0 Å². The zero-order valence-corrected chi connectivity index (χ0v) is 10.7. The highest BCUT2D eigenvalue weighted by molar-refractivity contribution is 4.86. The topological polar surface area (TPSA) is 32.3 Å². The molecule has 0 amide bonds. The Morgan fingerprint density at radius 2 is 2.07 bits per heavy atom. The summed E-state index contributed by atoms with van der Waals surface area (Å²) in [5.74, 6) is 0.514. The predicted octanol–water partition coefficient (Wildman–Crippen LogP) is 2.56. The summed E-state index contributed by atoms with van der Waals surface area (Å²) in [6, 6.07) is 0.872. The molecule has 0 heterocycles. The fraction of sp³-hybridized carbons (Fsp3) is 1.00. The van der Waals surface area contributed by atoms with Gasteiger partial charge in [-0.1, -0.05) is 34.1 Å². The summed E-state index contributed by atoms with van der Waals surface area (Å²) in [4.78, 5) is 0. The van der Waals surface area contributed by atoms with Crippen LogP contribution >= 0.6 is 0 Å². The highest BCUT2D eigenvalue weighted by Crippen LogP contribution is 2.35. The Bertz CT molecular complexity index is 189. The highest BCUT2D eigenvalue weighted by Gasteiger charge is 2.29. The summed E-state index contributed by atoms with van der Waals surface area (Å²) >= 11 is 0. The van der Waals surface area contributed by atoms with Crippen LogP contribution < -0.4 is 5.32 Å². The molecule has 90 valence electrons. The van der Waals surface area contributed by atoms with Crippen LogP contribution in [0.5, 0.6) is 0 Å². The first-order valence-corrected chi connectivity index (χ1v) is 6.31. The molecule has 0 aromatic rings. The molecule has 0 aromatic heterocycles. The van der Waals surface area contributed by atoms with Crippen molar-refractivity contribution in [3.8, 4) is 0 Å². The lowest BCUT2D eigenvalue weighted by Crippen LogP contribution is -2.46. The Labute approximate surface area is 94.5 Å². The van der Waals surface area contributed by atoms with Gasteiger partial charge in [0.1, 0.15) is 0 Å². The zero-order valence-electron chi connectivity index (χ0n) is 10.7. The van der Waals surface area contributed by atoms with Crippen molar-refractivity contribution in [3.05, 3.63) is 0 Å². The summed E-state index contributed by atoms with van der Waals surface area (Å²) in [6.07, 6.45) is 5.18. The minimum Gasteiger partial charge on any atom is -0.395 e. The number of aliphatic hydroxyl groups excluding tert-OH is 1. The van der Waals surface area contributed by atoms with Crippen molar-refractivity contribution in [2.75, 3.05) is 6.61 Å². The average molecular weight is 213 g/mol. The summed E-state index contributed by atoms with van der Waals surface area (Å²) in [5.41, 5.74) is 0.479. The SMILES string of the molecule is CC(C)C(CO)NC1CCCC(C)(C)C1. The van der Waals surface area contributed by atoms with Gasteiger partial charge in [-0.05, 0) is 30.6 Å². The normalized spacial score (nSPS) is 28.0. The van der Waals surface area contributed by atoms with Crippen molar-refractivity contribution in [2.24, 2.45) is 11.3 Å². The van der Waals surface area contributed by atoms with E-state index in [1.807, 2.05) is 0 Å². The number of aliphatic hydroxyl groups is 1. The molecule has 0 aliphatic heterocycles. The molecule has 2 nitrogen and oxygen atoms in total. The maximum Gasteiger partial charge on any atom is 0.0587 e. The molecule has 2 N–H and O–H groups in total. The Kier molecular flexibility index (Phi) is 4.60. The number of rotatable bonds is 4. The van der Waals surface area contributed by atoms with Crippen LogP contribution in [0.4, 0.5) is 0 Å². The molecule has 0 spiro atoms. The van der Waals surface area contributed by atoms with Crippen LogP contribution in [0, 0.1) is 11.3 Å². The van der Waals surface area contributed by atoms with Crippen LogP contribution in [0.3, 0.4) is 0 Å². The highest BCUT2D eigenvalue weighted by atomic mass is 16.3. The number of hydrogen-bond acceptors (Lipinski definition) is 2. The van der Waals surface area contributed by atoms with E-state index in [0.717, 1.165) is 0 Å². The van der Waals surface area contributed by atoms with Gasteiger partial charge >= 0.3 is 0 Å². The summed E-state index contributed by atoms with van der Waals surface area (Å²) in [5, 5.41) is 12.9. The third-order valence-corrected chi connectivity index (χ3v) is 3.66. The lowest BCUT2D eigenvalue weighted by molar-refractivity contribution is 0.149. The van der Waals surface area contributed by atoms with Gasteiger partial charge in [-0.3, -0.25) is 0 Å². The third kappa shape index (κ3) is 4.12. The second-order valence-electron chi connectivity index (χ2n) is 6.16. The van der Waals surface area contributed by atoms with Gasteiger partial charge in [-0.15, -0.1) is 0 Å². The van der Waals surface area contributed by atoms with E-state index in [-0.39, 0.29) is 12.6 Å². The van der Waals surface area contributed by atoms with E-state index in [1.54, 1.807) is 0 Å². The first kappa shape index (κ1) is 13.0. The first-order valence-electron chi connectivity index (χ1n) is 6.31. The van der Waals surface area contributed by atoms with Gasteiger partial charge in [0, 0.05) is 12.1 Å².